The van der Waals surface area contributed by atoms with Gasteiger partial charge >= 0.3 is 6.18 Å². The predicted molar refractivity (Wildman–Crippen MR) is 134 cm³/mol. The van der Waals surface area contributed by atoms with Crippen LogP contribution in [0.25, 0.3) is 0 Å². The topological polar surface area (TPSA) is 40.5 Å². The minimum atomic E-state index is -4.48. The first-order valence-corrected chi connectivity index (χ1v) is 14.5. The smallest absolute Gasteiger partial charge is 0.393 e. The fourth-order valence-electron chi connectivity index (χ4n) is 8.71. The van der Waals surface area contributed by atoms with Gasteiger partial charge in [0, 0.05) is 0 Å². The number of aliphatic hydroxyl groups is 2. The number of rotatable bonds is 5. The Hall–Kier alpha value is -0.290. The van der Waals surface area contributed by atoms with Crippen molar-refractivity contribution in [2.24, 2.45) is 40.4 Å². The number of unbranched alkanes of at least 4 members (excludes halogenated alkanes) is 1. The Balaban J connectivity index is 0.000000970. The van der Waals surface area contributed by atoms with Crippen molar-refractivity contribution in [2.75, 3.05) is 0 Å². The molecule has 0 aliphatic heterocycles. The Morgan fingerprint density at radius 2 is 1.44 bits per heavy atom. The van der Waals surface area contributed by atoms with E-state index in [0.717, 1.165) is 43.4 Å². The molecule has 0 aromatic carbocycles. The maximum Gasteiger partial charge on any atom is 0.414 e. The van der Waals surface area contributed by atoms with E-state index in [2.05, 4.69) is 13.8 Å². The molecule has 0 radical (unpaired) electrons. The van der Waals surface area contributed by atoms with E-state index in [-0.39, 0.29) is 12.5 Å². The van der Waals surface area contributed by atoms with Gasteiger partial charge in [-0.2, -0.15) is 13.2 Å². The molecule has 0 bridgehead atoms. The van der Waals surface area contributed by atoms with Gasteiger partial charge in [0.2, 0.25) is 0 Å². The summed E-state index contributed by atoms with van der Waals surface area (Å²) in [6, 6.07) is 0. The summed E-state index contributed by atoms with van der Waals surface area (Å²) in [7, 11) is 0. The van der Waals surface area contributed by atoms with E-state index in [1.807, 2.05) is 27.7 Å². The van der Waals surface area contributed by atoms with E-state index in [9.17, 15) is 23.4 Å². The van der Waals surface area contributed by atoms with Crippen molar-refractivity contribution in [3.8, 4) is 0 Å². The summed E-state index contributed by atoms with van der Waals surface area (Å²) in [6.45, 7) is 13.0. The zero-order chi connectivity index (χ0) is 25.7. The summed E-state index contributed by atoms with van der Waals surface area (Å²) < 4.78 is 37.6. The molecule has 0 saturated heterocycles. The average molecular weight is 491 g/mol. The van der Waals surface area contributed by atoms with Crippen LogP contribution in [0.2, 0.25) is 0 Å². The summed E-state index contributed by atoms with van der Waals surface area (Å²) in [4.78, 5) is 0. The van der Waals surface area contributed by atoms with Crippen LogP contribution < -0.4 is 0 Å². The summed E-state index contributed by atoms with van der Waals surface area (Å²) in [5, 5.41) is 19.4. The molecular formula is C29H53F3O2. The van der Waals surface area contributed by atoms with Gasteiger partial charge in [-0.15, -0.1) is 0 Å². The molecule has 4 fully saturated rings. The number of hydrogen-bond acceptors (Lipinski definition) is 2. The standard InChI is InChI=1S/C25H41F3O2.2C2H6/c1-23-14-12-21-19(9-7-17-15-18(29)11-13-24(17,21)2)20(23)10-8-16(23)5-3-4-6-22(30)25(26,27)28;2*1-2/h16-22,29-30H,3-15H2,1-2H3;2*1-2H3/t16-,17?,18-,19-,20?,21?,22?,23?,24-;;/m0../s1. The van der Waals surface area contributed by atoms with Gasteiger partial charge in [-0.25, -0.2) is 0 Å². The number of alkyl halides is 3. The third-order valence-corrected chi connectivity index (χ3v) is 10.5. The van der Waals surface area contributed by atoms with Crippen LogP contribution in [0, 0.1) is 40.4 Å². The maximum atomic E-state index is 12.5. The fourth-order valence-corrected chi connectivity index (χ4v) is 8.71. The van der Waals surface area contributed by atoms with Crippen LogP contribution in [-0.2, 0) is 0 Å². The van der Waals surface area contributed by atoms with E-state index in [1.54, 1.807) is 0 Å². The van der Waals surface area contributed by atoms with Gasteiger partial charge < -0.3 is 10.2 Å². The van der Waals surface area contributed by atoms with Gasteiger partial charge in [0.25, 0.3) is 0 Å². The average Bonchev–Trinajstić information content (AvgIpc) is 3.15. The van der Waals surface area contributed by atoms with Crippen molar-refractivity contribution < 1.29 is 23.4 Å². The summed E-state index contributed by atoms with van der Waals surface area (Å²) in [6.07, 6.45) is 6.16. The summed E-state index contributed by atoms with van der Waals surface area (Å²) >= 11 is 0. The third kappa shape index (κ3) is 5.98. The number of fused-ring (bicyclic) bond motifs is 5. The van der Waals surface area contributed by atoms with Gasteiger partial charge in [-0.05, 0) is 111 Å². The molecule has 4 aliphatic carbocycles. The molecule has 0 spiro atoms. The Morgan fingerprint density at radius 3 is 2.09 bits per heavy atom. The lowest BCUT2D eigenvalue weighted by Gasteiger charge is -2.61. The zero-order valence-corrected chi connectivity index (χ0v) is 22.8. The highest BCUT2D eigenvalue weighted by Gasteiger charge is 2.59. The maximum absolute atomic E-state index is 12.5. The van der Waals surface area contributed by atoms with Crippen molar-refractivity contribution in [1.82, 2.24) is 0 Å². The van der Waals surface area contributed by atoms with Gasteiger partial charge in [0.05, 0.1) is 6.10 Å². The lowest BCUT2D eigenvalue weighted by Crippen LogP contribution is -2.53. The first kappa shape index (κ1) is 29.9. The third-order valence-electron chi connectivity index (χ3n) is 10.5. The molecule has 5 unspecified atom stereocenters. The summed E-state index contributed by atoms with van der Waals surface area (Å²) in [5.74, 6) is 3.68. The Bertz CT molecular complexity index is 609. The molecule has 4 saturated carbocycles. The molecular weight excluding hydrogens is 437 g/mol. The highest BCUT2D eigenvalue weighted by molar-refractivity contribution is 5.09. The van der Waals surface area contributed by atoms with Crippen LogP contribution in [0.5, 0.6) is 0 Å². The van der Waals surface area contributed by atoms with Gasteiger partial charge in [-0.3, -0.25) is 0 Å². The second kappa shape index (κ2) is 12.3. The molecule has 0 heterocycles. The van der Waals surface area contributed by atoms with Gasteiger partial charge in [0.15, 0.2) is 0 Å². The SMILES string of the molecule is CC.CC.CC12CCC3[C@@H](CCC4C[C@@H](O)CC[C@@]43C)C1CC[C@@H]2CCCCC(O)C(F)(F)F. The molecule has 0 aromatic rings. The first-order valence-electron chi connectivity index (χ1n) is 14.5. The zero-order valence-electron chi connectivity index (χ0n) is 22.8. The largest absolute Gasteiger partial charge is 0.414 e. The van der Waals surface area contributed by atoms with Crippen LogP contribution in [0.4, 0.5) is 13.2 Å². The van der Waals surface area contributed by atoms with Crippen LogP contribution in [-0.4, -0.2) is 28.6 Å². The molecule has 2 nitrogen and oxygen atoms in total. The van der Waals surface area contributed by atoms with E-state index < -0.39 is 12.3 Å². The van der Waals surface area contributed by atoms with Crippen molar-refractivity contribution >= 4 is 0 Å². The van der Waals surface area contributed by atoms with Gasteiger partial charge in [0.1, 0.15) is 6.10 Å². The minimum Gasteiger partial charge on any atom is -0.393 e. The molecule has 2 N–H and O–H groups in total. The Morgan fingerprint density at radius 1 is 0.824 bits per heavy atom. The van der Waals surface area contributed by atoms with Crippen LogP contribution in [0.15, 0.2) is 0 Å². The lowest BCUT2D eigenvalue weighted by atomic mass is 9.44. The van der Waals surface area contributed by atoms with E-state index >= 15 is 0 Å². The molecule has 0 aromatic heterocycles. The Labute approximate surface area is 207 Å². The molecule has 34 heavy (non-hydrogen) atoms. The van der Waals surface area contributed by atoms with E-state index in [1.165, 1.54) is 44.9 Å². The van der Waals surface area contributed by atoms with Gasteiger partial charge in [-0.1, -0.05) is 54.4 Å². The monoisotopic (exact) mass is 490 g/mol. The minimum absolute atomic E-state index is 0.0970. The molecule has 0 amide bonds. The van der Waals surface area contributed by atoms with Crippen LogP contribution >= 0.6 is 0 Å². The van der Waals surface area contributed by atoms with E-state index in [4.69, 9.17) is 0 Å². The van der Waals surface area contributed by atoms with Crippen LogP contribution in [0.1, 0.15) is 125 Å². The second-order valence-electron chi connectivity index (χ2n) is 11.7. The van der Waals surface area contributed by atoms with Crippen LogP contribution in [0.3, 0.4) is 0 Å². The number of aliphatic hydroxyl groups excluding tert-OH is 2. The molecule has 4 rings (SSSR count). The van der Waals surface area contributed by atoms with Crippen molar-refractivity contribution in [1.29, 1.82) is 0 Å². The second-order valence-corrected chi connectivity index (χ2v) is 11.7. The first-order chi connectivity index (χ1) is 16.1. The number of hydrogen-bond donors (Lipinski definition) is 2. The van der Waals surface area contributed by atoms with Crippen molar-refractivity contribution in [2.45, 2.75) is 143 Å². The van der Waals surface area contributed by atoms with Crippen molar-refractivity contribution in [3.63, 3.8) is 0 Å². The molecule has 5 heteroatoms. The summed E-state index contributed by atoms with van der Waals surface area (Å²) in [5.41, 5.74) is 0.747. The highest BCUT2D eigenvalue weighted by Crippen LogP contribution is 2.67. The van der Waals surface area contributed by atoms with Crippen molar-refractivity contribution in [3.05, 3.63) is 0 Å². The molecule has 9 atom stereocenters. The quantitative estimate of drug-likeness (QED) is 0.379. The normalized spacial score (nSPS) is 42.1. The highest BCUT2D eigenvalue weighted by atomic mass is 19.4. The predicted octanol–water partition coefficient (Wildman–Crippen LogP) is 8.54. The molecule has 4 aliphatic rings. The fraction of sp³-hybridized carbons (Fsp3) is 1.00. The number of halogens is 3. The lowest BCUT2D eigenvalue weighted by molar-refractivity contribution is -0.205. The van der Waals surface area contributed by atoms with E-state index in [0.29, 0.717) is 29.1 Å². The molecule has 202 valence electrons. The Kier molecular flexibility index (Phi) is 10.8.